The van der Waals surface area contributed by atoms with Crippen LogP contribution in [0.1, 0.15) is 174 Å². The Kier molecular flexibility index (Phi) is 29.1. The minimum Gasteiger partial charge on any atom is -0.478 e. The van der Waals surface area contributed by atoms with E-state index in [-0.39, 0.29) is 0 Å². The molecule has 0 bridgehead atoms. The van der Waals surface area contributed by atoms with Crippen LogP contribution >= 0.6 is 0 Å². The minimum absolute atomic E-state index is 0.880. The first kappa shape index (κ1) is 33.0. The Bertz CT molecular complexity index is 452. The smallest absolute Gasteiger partial charge is 0.328 e. The van der Waals surface area contributed by atoms with Crippen molar-refractivity contribution in [3.63, 3.8) is 0 Å². The molecule has 0 aromatic heterocycles. The molecule has 0 aromatic carbocycles. The maximum absolute atomic E-state index is 10.3. The molecular weight excluding hydrogens is 416 g/mol. The van der Waals surface area contributed by atoms with Crippen molar-refractivity contribution in [2.24, 2.45) is 0 Å². The summed E-state index contributed by atoms with van der Waals surface area (Å²) in [6.45, 7) is 2.30. The van der Waals surface area contributed by atoms with Gasteiger partial charge >= 0.3 is 5.97 Å². The molecule has 1 N–H and O–H groups in total. The molecule has 0 heterocycles. The third-order valence-corrected chi connectivity index (χ3v) is 6.96. The van der Waals surface area contributed by atoms with Gasteiger partial charge in [-0.25, -0.2) is 4.79 Å². The Hall–Kier alpha value is -1.05. The standard InChI is InChI=1S/C32H60O2/c1-2-3-4-5-6-7-8-9-10-11-12-13-14-15-16-17-18-19-20-21-22-23-24-25-26-27-28-29-30-31-32(33)34/h28-31H,2-27H2,1H3,(H,33,34). The highest BCUT2D eigenvalue weighted by molar-refractivity contribution is 5.80. The average Bonchev–Trinajstić information content (AvgIpc) is 2.83. The first-order valence-corrected chi connectivity index (χ1v) is 15.3. The number of hydrogen-bond acceptors (Lipinski definition) is 1. The van der Waals surface area contributed by atoms with Gasteiger partial charge in [-0.2, -0.15) is 0 Å². The second-order valence-corrected chi connectivity index (χ2v) is 10.4. The second-order valence-electron chi connectivity index (χ2n) is 10.4. The molecule has 0 unspecified atom stereocenters. The molecule has 0 saturated heterocycles. The van der Waals surface area contributed by atoms with Gasteiger partial charge in [0.25, 0.3) is 0 Å². The molecule has 2 nitrogen and oxygen atoms in total. The fraction of sp³-hybridized carbons (Fsp3) is 0.844. The van der Waals surface area contributed by atoms with E-state index >= 15 is 0 Å². The van der Waals surface area contributed by atoms with Gasteiger partial charge in [0.1, 0.15) is 0 Å². The molecule has 0 saturated carbocycles. The molecule has 0 aliphatic rings. The summed E-state index contributed by atoms with van der Waals surface area (Å²) in [5.41, 5.74) is 0. The summed E-state index contributed by atoms with van der Waals surface area (Å²) in [6, 6.07) is 0. The second kappa shape index (κ2) is 30.0. The Labute approximate surface area is 214 Å². The molecule has 0 aliphatic carbocycles. The van der Waals surface area contributed by atoms with Gasteiger partial charge in [0.2, 0.25) is 0 Å². The lowest BCUT2D eigenvalue weighted by atomic mass is 10.0. The van der Waals surface area contributed by atoms with Crippen LogP contribution in [0.3, 0.4) is 0 Å². The lowest BCUT2D eigenvalue weighted by molar-refractivity contribution is -0.131. The first-order valence-electron chi connectivity index (χ1n) is 15.3. The lowest BCUT2D eigenvalue weighted by Crippen LogP contribution is -1.84. The number of hydrogen-bond donors (Lipinski definition) is 1. The van der Waals surface area contributed by atoms with Crippen LogP contribution < -0.4 is 0 Å². The summed E-state index contributed by atoms with van der Waals surface area (Å²) in [5.74, 6) is -0.880. The lowest BCUT2D eigenvalue weighted by Gasteiger charge is -2.04. The maximum Gasteiger partial charge on any atom is 0.328 e. The molecule has 0 rings (SSSR count). The van der Waals surface area contributed by atoms with E-state index in [1.807, 2.05) is 6.08 Å². The topological polar surface area (TPSA) is 37.3 Å². The van der Waals surface area contributed by atoms with Gasteiger partial charge in [-0.1, -0.05) is 179 Å². The maximum atomic E-state index is 10.3. The number of carboxylic acid groups (broad SMARTS) is 1. The van der Waals surface area contributed by atoms with Crippen molar-refractivity contribution >= 4 is 5.97 Å². The molecule has 0 spiro atoms. The molecule has 0 radical (unpaired) electrons. The van der Waals surface area contributed by atoms with Gasteiger partial charge in [0, 0.05) is 6.08 Å². The van der Waals surface area contributed by atoms with Crippen molar-refractivity contribution in [1.29, 1.82) is 0 Å². The minimum atomic E-state index is -0.880. The van der Waals surface area contributed by atoms with Crippen LogP contribution in [0.5, 0.6) is 0 Å². The predicted molar refractivity (Wildman–Crippen MR) is 152 cm³/mol. The van der Waals surface area contributed by atoms with Crippen LogP contribution in [0.2, 0.25) is 0 Å². The largest absolute Gasteiger partial charge is 0.478 e. The molecule has 0 aromatic rings. The van der Waals surface area contributed by atoms with Crippen LogP contribution in [-0.4, -0.2) is 11.1 Å². The van der Waals surface area contributed by atoms with E-state index in [4.69, 9.17) is 5.11 Å². The van der Waals surface area contributed by atoms with E-state index in [0.29, 0.717) is 0 Å². The van der Waals surface area contributed by atoms with E-state index < -0.39 is 5.97 Å². The van der Waals surface area contributed by atoms with Crippen molar-refractivity contribution < 1.29 is 9.90 Å². The summed E-state index contributed by atoms with van der Waals surface area (Å²) in [6.07, 6.45) is 43.4. The van der Waals surface area contributed by atoms with Crippen LogP contribution in [0.25, 0.3) is 0 Å². The van der Waals surface area contributed by atoms with E-state index in [1.54, 1.807) is 6.08 Å². The molecule has 2 heteroatoms. The Balaban J connectivity index is 3.07. The number of allylic oxidation sites excluding steroid dienone is 3. The van der Waals surface area contributed by atoms with Crippen molar-refractivity contribution in [2.75, 3.05) is 0 Å². The van der Waals surface area contributed by atoms with Crippen molar-refractivity contribution in [3.8, 4) is 0 Å². The van der Waals surface area contributed by atoms with E-state index in [0.717, 1.165) is 6.42 Å². The SMILES string of the molecule is CCCCCCCCCCCCCCCCCCCCCCCCCCCC=CC=CC(=O)O. The number of carbonyl (C=O) groups is 1. The molecule has 34 heavy (non-hydrogen) atoms. The van der Waals surface area contributed by atoms with Gasteiger partial charge in [-0.15, -0.1) is 0 Å². The van der Waals surface area contributed by atoms with Crippen molar-refractivity contribution in [1.82, 2.24) is 0 Å². The fourth-order valence-electron chi connectivity index (χ4n) is 4.71. The number of rotatable bonds is 28. The third kappa shape index (κ3) is 31.0. The van der Waals surface area contributed by atoms with Gasteiger partial charge < -0.3 is 5.11 Å². The molecule has 0 atom stereocenters. The zero-order chi connectivity index (χ0) is 24.8. The van der Waals surface area contributed by atoms with Crippen LogP contribution in [0.15, 0.2) is 24.3 Å². The summed E-state index contributed by atoms with van der Waals surface area (Å²) in [5, 5.41) is 8.49. The molecular formula is C32H60O2. The molecule has 0 amide bonds. The van der Waals surface area contributed by atoms with Crippen molar-refractivity contribution in [3.05, 3.63) is 24.3 Å². The summed E-state index contributed by atoms with van der Waals surface area (Å²) >= 11 is 0. The third-order valence-electron chi connectivity index (χ3n) is 6.96. The zero-order valence-electron chi connectivity index (χ0n) is 23.0. The van der Waals surface area contributed by atoms with Gasteiger partial charge in [-0.05, 0) is 12.8 Å². The summed E-state index contributed by atoms with van der Waals surface area (Å²) < 4.78 is 0. The fourth-order valence-corrected chi connectivity index (χ4v) is 4.71. The number of carboxylic acids is 1. The van der Waals surface area contributed by atoms with Crippen LogP contribution in [0, 0.1) is 0 Å². The highest BCUT2D eigenvalue weighted by atomic mass is 16.4. The number of aliphatic carboxylic acids is 1. The van der Waals surface area contributed by atoms with Gasteiger partial charge in [0.15, 0.2) is 0 Å². The predicted octanol–water partition coefficient (Wildman–Crippen LogP) is 11.3. The highest BCUT2D eigenvalue weighted by Gasteiger charge is 1.96. The van der Waals surface area contributed by atoms with Crippen molar-refractivity contribution in [2.45, 2.75) is 174 Å². The molecule has 200 valence electrons. The van der Waals surface area contributed by atoms with E-state index in [9.17, 15) is 4.79 Å². The first-order chi connectivity index (χ1) is 16.8. The Morgan fingerprint density at radius 3 is 1.06 bits per heavy atom. The van der Waals surface area contributed by atoms with Gasteiger partial charge in [-0.3, -0.25) is 0 Å². The van der Waals surface area contributed by atoms with Gasteiger partial charge in [0.05, 0.1) is 0 Å². The molecule has 0 aliphatic heterocycles. The average molecular weight is 477 g/mol. The monoisotopic (exact) mass is 476 g/mol. The Morgan fingerprint density at radius 1 is 0.471 bits per heavy atom. The van der Waals surface area contributed by atoms with Crippen LogP contribution in [-0.2, 0) is 4.79 Å². The van der Waals surface area contributed by atoms with Crippen LogP contribution in [0.4, 0.5) is 0 Å². The number of unbranched alkanes of at least 4 members (excludes halogenated alkanes) is 25. The normalized spacial score (nSPS) is 11.8. The highest BCUT2D eigenvalue weighted by Crippen LogP contribution is 2.16. The quantitative estimate of drug-likeness (QED) is 0.0692. The van der Waals surface area contributed by atoms with E-state index in [1.165, 1.54) is 167 Å². The Morgan fingerprint density at radius 2 is 0.765 bits per heavy atom. The summed E-state index contributed by atoms with van der Waals surface area (Å²) in [4.78, 5) is 10.3. The van der Waals surface area contributed by atoms with E-state index in [2.05, 4.69) is 13.0 Å². The molecule has 0 fully saturated rings. The zero-order valence-corrected chi connectivity index (χ0v) is 23.0. The summed E-state index contributed by atoms with van der Waals surface area (Å²) in [7, 11) is 0.